The van der Waals surface area contributed by atoms with E-state index in [0.29, 0.717) is 0 Å². The first-order valence-electron chi connectivity index (χ1n) is 4.58. The summed E-state index contributed by atoms with van der Waals surface area (Å²) in [6.45, 7) is -0.241. The van der Waals surface area contributed by atoms with Gasteiger partial charge in [0.1, 0.15) is 6.04 Å². The smallest absolute Gasteiger partial charge is 0.322 e. The Bertz CT molecular complexity index is 281. The topological polar surface area (TPSA) is 156 Å². The Balaban J connectivity index is 3.87. The second-order valence-corrected chi connectivity index (χ2v) is 3.23. The van der Waals surface area contributed by atoms with Crippen LogP contribution in [-0.4, -0.2) is 46.7 Å². The lowest BCUT2D eigenvalue weighted by atomic mass is 10.1. The minimum Gasteiger partial charge on any atom is -0.481 e. The Kier molecular flexibility index (Phi) is 6.04. The molecule has 0 radical (unpaired) electrons. The minimum atomic E-state index is -1.24. The molecule has 0 unspecified atom stereocenters. The number of carboxylic acid groups (broad SMARTS) is 2. The molecule has 1 amide bonds. The Labute approximate surface area is 91.6 Å². The summed E-state index contributed by atoms with van der Waals surface area (Å²) in [5.41, 5.74) is 10.5. The van der Waals surface area contributed by atoms with E-state index in [1.807, 2.05) is 0 Å². The van der Waals surface area contributed by atoms with Gasteiger partial charge in [0.15, 0.2) is 0 Å². The van der Waals surface area contributed by atoms with E-state index in [9.17, 15) is 14.4 Å². The van der Waals surface area contributed by atoms with Crippen LogP contribution in [0.5, 0.6) is 0 Å². The highest BCUT2D eigenvalue weighted by Crippen LogP contribution is 1.94. The molecular formula is C8H15N3O5. The van der Waals surface area contributed by atoms with Crippen LogP contribution in [0.4, 0.5) is 0 Å². The number of carbonyl (C=O) groups excluding carboxylic acids is 1. The number of hydrogen-bond acceptors (Lipinski definition) is 5. The van der Waals surface area contributed by atoms with Crippen molar-refractivity contribution in [2.24, 2.45) is 11.5 Å². The maximum Gasteiger partial charge on any atom is 0.322 e. The standard InChI is InChI=1S/C8H15N3O5/c9-4(1-2-6(12)13)7(14)11-3-5(10)8(15)16/h4-5H,1-3,9-10H2,(H,11,14)(H,12,13)(H,15,16)/t4-,5-/m0/s1. The van der Waals surface area contributed by atoms with Crippen LogP contribution >= 0.6 is 0 Å². The monoisotopic (exact) mass is 233 g/mol. The molecule has 0 aromatic heterocycles. The van der Waals surface area contributed by atoms with Crippen molar-refractivity contribution in [2.75, 3.05) is 6.54 Å². The van der Waals surface area contributed by atoms with E-state index < -0.39 is 29.9 Å². The van der Waals surface area contributed by atoms with Crippen LogP contribution in [0, 0.1) is 0 Å². The number of carbonyl (C=O) groups is 3. The molecule has 0 bridgehead atoms. The lowest BCUT2D eigenvalue weighted by molar-refractivity contribution is -0.138. The molecule has 2 atom stereocenters. The van der Waals surface area contributed by atoms with Crippen molar-refractivity contribution in [3.05, 3.63) is 0 Å². The van der Waals surface area contributed by atoms with Gasteiger partial charge in [0.2, 0.25) is 5.91 Å². The molecule has 0 heterocycles. The van der Waals surface area contributed by atoms with Crippen molar-refractivity contribution in [1.82, 2.24) is 5.32 Å². The zero-order valence-corrected chi connectivity index (χ0v) is 8.55. The summed E-state index contributed by atoms with van der Waals surface area (Å²) in [4.78, 5) is 31.7. The van der Waals surface area contributed by atoms with E-state index in [0.717, 1.165) is 0 Å². The van der Waals surface area contributed by atoms with Crippen molar-refractivity contribution in [1.29, 1.82) is 0 Å². The minimum absolute atomic E-state index is 0.0104. The summed E-state index contributed by atoms with van der Waals surface area (Å²) in [7, 11) is 0. The third-order valence-corrected chi connectivity index (χ3v) is 1.82. The molecule has 0 fully saturated rings. The zero-order chi connectivity index (χ0) is 12.7. The molecule has 8 heteroatoms. The third kappa shape index (κ3) is 5.94. The fourth-order valence-corrected chi connectivity index (χ4v) is 0.839. The van der Waals surface area contributed by atoms with Crippen molar-refractivity contribution in [2.45, 2.75) is 24.9 Å². The second-order valence-electron chi connectivity index (χ2n) is 3.23. The Hall–Kier alpha value is -1.67. The van der Waals surface area contributed by atoms with Crippen LogP contribution in [-0.2, 0) is 14.4 Å². The van der Waals surface area contributed by atoms with Crippen LogP contribution in [0.1, 0.15) is 12.8 Å². The lowest BCUT2D eigenvalue weighted by Crippen LogP contribution is -2.47. The van der Waals surface area contributed by atoms with Crippen LogP contribution in [0.3, 0.4) is 0 Å². The predicted octanol–water partition coefficient (Wildman–Crippen LogP) is -2.29. The van der Waals surface area contributed by atoms with Gasteiger partial charge in [0.05, 0.1) is 6.04 Å². The fraction of sp³-hybridized carbons (Fsp3) is 0.625. The molecule has 0 spiro atoms. The zero-order valence-electron chi connectivity index (χ0n) is 8.55. The van der Waals surface area contributed by atoms with E-state index >= 15 is 0 Å². The number of nitrogens with two attached hydrogens (primary N) is 2. The van der Waals surface area contributed by atoms with Crippen LogP contribution in [0.25, 0.3) is 0 Å². The van der Waals surface area contributed by atoms with E-state index in [1.165, 1.54) is 0 Å². The third-order valence-electron chi connectivity index (χ3n) is 1.82. The van der Waals surface area contributed by atoms with Crippen LogP contribution in [0.15, 0.2) is 0 Å². The number of rotatable bonds is 7. The largest absolute Gasteiger partial charge is 0.481 e. The van der Waals surface area contributed by atoms with Gasteiger partial charge in [-0.15, -0.1) is 0 Å². The maximum absolute atomic E-state index is 11.2. The first-order chi connectivity index (χ1) is 7.34. The van der Waals surface area contributed by atoms with Gasteiger partial charge in [-0.3, -0.25) is 14.4 Å². The number of nitrogens with one attached hydrogen (secondary N) is 1. The number of carboxylic acids is 2. The molecule has 0 aliphatic rings. The van der Waals surface area contributed by atoms with Gasteiger partial charge in [-0.25, -0.2) is 0 Å². The van der Waals surface area contributed by atoms with Crippen molar-refractivity contribution >= 4 is 17.8 Å². The molecule has 0 saturated heterocycles. The Morgan fingerprint density at radius 3 is 2.12 bits per heavy atom. The average molecular weight is 233 g/mol. The van der Waals surface area contributed by atoms with Crippen molar-refractivity contribution in [3.63, 3.8) is 0 Å². The van der Waals surface area contributed by atoms with Gasteiger partial charge in [-0.05, 0) is 6.42 Å². The molecule has 0 saturated carbocycles. The maximum atomic E-state index is 11.2. The van der Waals surface area contributed by atoms with E-state index in [4.69, 9.17) is 21.7 Å². The SMILES string of the molecule is N[C@@H](CNC(=O)[C@@H](N)CCC(=O)O)C(=O)O. The molecule has 0 rings (SSSR count). The first kappa shape index (κ1) is 14.3. The van der Waals surface area contributed by atoms with Gasteiger partial charge < -0.3 is 27.0 Å². The van der Waals surface area contributed by atoms with E-state index in [-0.39, 0.29) is 19.4 Å². The number of aliphatic carboxylic acids is 2. The van der Waals surface area contributed by atoms with Gasteiger partial charge >= 0.3 is 11.9 Å². The summed E-state index contributed by atoms with van der Waals surface area (Å²) >= 11 is 0. The van der Waals surface area contributed by atoms with Gasteiger partial charge in [-0.2, -0.15) is 0 Å². The molecule has 0 aliphatic carbocycles. The quantitative estimate of drug-likeness (QED) is 0.331. The first-order valence-corrected chi connectivity index (χ1v) is 4.58. The predicted molar refractivity (Wildman–Crippen MR) is 53.5 cm³/mol. The summed E-state index contributed by atoms with van der Waals surface area (Å²) in [6, 6.07) is -2.17. The molecular weight excluding hydrogens is 218 g/mol. The Morgan fingerprint density at radius 1 is 1.12 bits per heavy atom. The molecule has 8 nitrogen and oxygen atoms in total. The molecule has 7 N–H and O–H groups in total. The van der Waals surface area contributed by atoms with Crippen LogP contribution < -0.4 is 16.8 Å². The normalized spacial score (nSPS) is 13.9. The van der Waals surface area contributed by atoms with E-state index in [1.54, 1.807) is 0 Å². The van der Waals surface area contributed by atoms with Gasteiger partial charge in [-0.1, -0.05) is 0 Å². The van der Waals surface area contributed by atoms with Crippen molar-refractivity contribution < 1.29 is 24.6 Å². The highest BCUT2D eigenvalue weighted by Gasteiger charge is 2.17. The number of hydrogen-bond donors (Lipinski definition) is 5. The highest BCUT2D eigenvalue weighted by atomic mass is 16.4. The summed E-state index contributed by atoms with van der Waals surface area (Å²) in [5.74, 6) is -2.90. The second kappa shape index (κ2) is 6.75. The summed E-state index contributed by atoms with van der Waals surface area (Å²) in [5, 5.41) is 19.0. The molecule has 0 aliphatic heterocycles. The summed E-state index contributed by atoms with van der Waals surface area (Å²) in [6.07, 6.45) is -0.233. The molecule has 16 heavy (non-hydrogen) atoms. The molecule has 0 aromatic carbocycles. The number of amides is 1. The molecule has 0 aromatic rings. The average Bonchev–Trinajstić information content (AvgIpc) is 2.21. The fourth-order valence-electron chi connectivity index (χ4n) is 0.839. The van der Waals surface area contributed by atoms with Gasteiger partial charge in [0, 0.05) is 13.0 Å². The molecule has 92 valence electrons. The van der Waals surface area contributed by atoms with Crippen LogP contribution in [0.2, 0.25) is 0 Å². The highest BCUT2D eigenvalue weighted by molar-refractivity contribution is 5.83. The summed E-state index contributed by atoms with van der Waals surface area (Å²) < 4.78 is 0. The van der Waals surface area contributed by atoms with E-state index in [2.05, 4.69) is 5.32 Å². The van der Waals surface area contributed by atoms with Gasteiger partial charge in [0.25, 0.3) is 0 Å². The lowest BCUT2D eigenvalue weighted by Gasteiger charge is -2.12. The Morgan fingerprint density at radius 2 is 1.69 bits per heavy atom. The van der Waals surface area contributed by atoms with Crippen molar-refractivity contribution in [3.8, 4) is 0 Å².